The summed E-state index contributed by atoms with van der Waals surface area (Å²) in [5.41, 5.74) is -0.301. The fourth-order valence-electron chi connectivity index (χ4n) is 1.86. The standard InChI is InChI=1S/C13H15FO3/c1-13(2,12-16-7-8-17-12)11(15)9-3-5-10(14)6-4-9/h3-6,12H,7-8H2,1-2H3. The molecule has 0 aromatic heterocycles. The monoisotopic (exact) mass is 238 g/mol. The Kier molecular flexibility index (Phi) is 3.26. The zero-order chi connectivity index (χ0) is 12.5. The van der Waals surface area contributed by atoms with Gasteiger partial charge in [-0.05, 0) is 38.1 Å². The van der Waals surface area contributed by atoms with Gasteiger partial charge in [-0.3, -0.25) is 4.79 Å². The zero-order valence-corrected chi connectivity index (χ0v) is 9.90. The molecular formula is C13H15FO3. The largest absolute Gasteiger partial charge is 0.349 e. The Balaban J connectivity index is 2.20. The van der Waals surface area contributed by atoms with Crippen LogP contribution in [0.2, 0.25) is 0 Å². The molecule has 0 aliphatic carbocycles. The highest BCUT2D eigenvalue weighted by molar-refractivity contribution is 6.00. The van der Waals surface area contributed by atoms with Crippen LogP contribution < -0.4 is 0 Å². The number of carbonyl (C=O) groups is 1. The molecule has 1 aromatic rings. The summed E-state index contributed by atoms with van der Waals surface area (Å²) in [5.74, 6) is -0.461. The quantitative estimate of drug-likeness (QED) is 0.758. The van der Waals surface area contributed by atoms with Crippen LogP contribution in [0.3, 0.4) is 0 Å². The predicted octanol–water partition coefficient (Wildman–Crippen LogP) is 2.41. The summed E-state index contributed by atoms with van der Waals surface area (Å²) in [5, 5.41) is 0. The molecule has 0 atom stereocenters. The van der Waals surface area contributed by atoms with Gasteiger partial charge in [-0.2, -0.15) is 0 Å². The highest BCUT2D eigenvalue weighted by atomic mass is 19.1. The molecule has 3 nitrogen and oxygen atoms in total. The lowest BCUT2D eigenvalue weighted by Crippen LogP contribution is -2.38. The van der Waals surface area contributed by atoms with Crippen LogP contribution in [0.25, 0.3) is 0 Å². The Morgan fingerprint density at radius 3 is 2.29 bits per heavy atom. The fraction of sp³-hybridized carbons (Fsp3) is 0.462. The fourth-order valence-corrected chi connectivity index (χ4v) is 1.86. The Morgan fingerprint density at radius 2 is 1.76 bits per heavy atom. The predicted molar refractivity (Wildman–Crippen MR) is 60.2 cm³/mol. The second-order valence-corrected chi connectivity index (χ2v) is 4.63. The van der Waals surface area contributed by atoms with Crippen molar-refractivity contribution in [3.8, 4) is 0 Å². The van der Waals surface area contributed by atoms with Gasteiger partial charge in [0.25, 0.3) is 0 Å². The van der Waals surface area contributed by atoms with Crippen molar-refractivity contribution in [2.24, 2.45) is 5.41 Å². The maximum atomic E-state index is 12.8. The van der Waals surface area contributed by atoms with E-state index >= 15 is 0 Å². The van der Waals surface area contributed by atoms with Crippen molar-refractivity contribution in [1.29, 1.82) is 0 Å². The molecule has 0 radical (unpaired) electrons. The van der Waals surface area contributed by atoms with Gasteiger partial charge in [0.05, 0.1) is 18.6 Å². The summed E-state index contributed by atoms with van der Waals surface area (Å²) in [6.45, 7) is 4.55. The molecule has 0 N–H and O–H groups in total. The molecule has 0 saturated carbocycles. The number of benzene rings is 1. The van der Waals surface area contributed by atoms with Gasteiger partial charge < -0.3 is 9.47 Å². The van der Waals surface area contributed by atoms with Crippen molar-refractivity contribution >= 4 is 5.78 Å². The summed E-state index contributed by atoms with van der Waals surface area (Å²) in [7, 11) is 0. The zero-order valence-electron chi connectivity index (χ0n) is 9.90. The molecule has 1 aromatic carbocycles. The van der Waals surface area contributed by atoms with E-state index in [1.807, 2.05) is 0 Å². The van der Waals surface area contributed by atoms with Crippen LogP contribution in [0.15, 0.2) is 24.3 Å². The SMILES string of the molecule is CC(C)(C(=O)c1ccc(F)cc1)C1OCCO1. The average molecular weight is 238 g/mol. The van der Waals surface area contributed by atoms with Gasteiger partial charge in [-0.25, -0.2) is 4.39 Å². The first-order valence-corrected chi connectivity index (χ1v) is 5.55. The van der Waals surface area contributed by atoms with Crippen LogP contribution in [0.5, 0.6) is 0 Å². The third kappa shape index (κ3) is 2.37. The van der Waals surface area contributed by atoms with E-state index in [2.05, 4.69) is 0 Å². The summed E-state index contributed by atoms with van der Waals surface area (Å²) in [4.78, 5) is 12.3. The van der Waals surface area contributed by atoms with Gasteiger partial charge >= 0.3 is 0 Å². The van der Waals surface area contributed by atoms with Crippen molar-refractivity contribution in [2.75, 3.05) is 13.2 Å². The van der Waals surface area contributed by atoms with Crippen molar-refractivity contribution in [3.63, 3.8) is 0 Å². The van der Waals surface area contributed by atoms with E-state index in [-0.39, 0.29) is 11.6 Å². The van der Waals surface area contributed by atoms with E-state index in [9.17, 15) is 9.18 Å². The van der Waals surface area contributed by atoms with Gasteiger partial charge in [-0.15, -0.1) is 0 Å². The molecule has 0 amide bonds. The van der Waals surface area contributed by atoms with E-state index in [0.717, 1.165) is 0 Å². The van der Waals surface area contributed by atoms with Crippen LogP contribution in [-0.2, 0) is 9.47 Å². The summed E-state index contributed by atoms with van der Waals surface area (Å²) in [6.07, 6.45) is -0.528. The molecule has 2 rings (SSSR count). The molecule has 0 unspecified atom stereocenters. The maximum Gasteiger partial charge on any atom is 0.173 e. The van der Waals surface area contributed by atoms with Crippen LogP contribution in [0.4, 0.5) is 4.39 Å². The van der Waals surface area contributed by atoms with Gasteiger partial charge in [0.15, 0.2) is 12.1 Å². The molecule has 0 bridgehead atoms. The Labute approximate surface area is 99.5 Å². The van der Waals surface area contributed by atoms with E-state index < -0.39 is 11.7 Å². The molecule has 4 heteroatoms. The van der Waals surface area contributed by atoms with Crippen molar-refractivity contribution in [3.05, 3.63) is 35.6 Å². The van der Waals surface area contributed by atoms with E-state index in [1.54, 1.807) is 13.8 Å². The maximum absolute atomic E-state index is 12.8. The lowest BCUT2D eigenvalue weighted by atomic mass is 9.83. The molecule has 1 aliphatic rings. The first kappa shape index (κ1) is 12.2. The summed E-state index contributed by atoms with van der Waals surface area (Å²) < 4.78 is 23.5. The number of ketones is 1. The van der Waals surface area contributed by atoms with Crippen LogP contribution >= 0.6 is 0 Å². The van der Waals surface area contributed by atoms with Gasteiger partial charge in [0.1, 0.15) is 5.82 Å². The summed E-state index contributed by atoms with van der Waals surface area (Å²) >= 11 is 0. The highest BCUT2D eigenvalue weighted by Crippen LogP contribution is 2.31. The van der Waals surface area contributed by atoms with Gasteiger partial charge in [0, 0.05) is 5.56 Å². The molecule has 1 aliphatic heterocycles. The van der Waals surface area contributed by atoms with Crippen molar-refractivity contribution in [2.45, 2.75) is 20.1 Å². The first-order chi connectivity index (χ1) is 8.01. The molecule has 1 fully saturated rings. The molecule has 0 spiro atoms. The Morgan fingerprint density at radius 1 is 1.24 bits per heavy atom. The first-order valence-electron chi connectivity index (χ1n) is 5.55. The van der Waals surface area contributed by atoms with E-state index in [1.165, 1.54) is 24.3 Å². The third-order valence-corrected chi connectivity index (χ3v) is 2.90. The minimum atomic E-state index is -0.770. The number of hydrogen-bond donors (Lipinski definition) is 0. The molecular weight excluding hydrogens is 223 g/mol. The van der Waals surface area contributed by atoms with Crippen LogP contribution in [-0.4, -0.2) is 25.3 Å². The number of ether oxygens (including phenoxy) is 2. The Bertz CT molecular complexity index is 405. The number of rotatable bonds is 3. The second-order valence-electron chi connectivity index (χ2n) is 4.63. The molecule has 92 valence electrons. The van der Waals surface area contributed by atoms with Gasteiger partial charge in [0.2, 0.25) is 0 Å². The van der Waals surface area contributed by atoms with E-state index in [4.69, 9.17) is 9.47 Å². The van der Waals surface area contributed by atoms with Crippen LogP contribution in [0, 0.1) is 11.2 Å². The topological polar surface area (TPSA) is 35.5 Å². The molecule has 17 heavy (non-hydrogen) atoms. The van der Waals surface area contributed by atoms with E-state index in [0.29, 0.717) is 18.8 Å². The molecule has 1 saturated heterocycles. The second kappa shape index (κ2) is 4.55. The normalized spacial score (nSPS) is 17.4. The van der Waals surface area contributed by atoms with Gasteiger partial charge in [-0.1, -0.05) is 0 Å². The smallest absolute Gasteiger partial charge is 0.173 e. The number of Topliss-reactive ketones (excluding diaryl/α,β-unsaturated/α-hetero) is 1. The van der Waals surface area contributed by atoms with Crippen molar-refractivity contribution in [1.82, 2.24) is 0 Å². The number of carbonyl (C=O) groups excluding carboxylic acids is 1. The third-order valence-electron chi connectivity index (χ3n) is 2.90. The minimum Gasteiger partial charge on any atom is -0.349 e. The summed E-state index contributed by atoms with van der Waals surface area (Å²) in [6, 6.07) is 5.52. The highest BCUT2D eigenvalue weighted by Gasteiger charge is 2.41. The Hall–Kier alpha value is -1.26. The minimum absolute atomic E-state index is 0.107. The van der Waals surface area contributed by atoms with Crippen LogP contribution in [0.1, 0.15) is 24.2 Å². The number of halogens is 1. The van der Waals surface area contributed by atoms with Crippen molar-refractivity contribution < 1.29 is 18.7 Å². The molecule has 1 heterocycles. The lowest BCUT2D eigenvalue weighted by molar-refractivity contribution is -0.103. The number of hydrogen-bond acceptors (Lipinski definition) is 3. The lowest BCUT2D eigenvalue weighted by Gasteiger charge is -2.28. The average Bonchev–Trinajstić information content (AvgIpc) is 2.83.